The van der Waals surface area contributed by atoms with E-state index < -0.39 is 0 Å². The van der Waals surface area contributed by atoms with Crippen LogP contribution >= 0.6 is 0 Å². The van der Waals surface area contributed by atoms with Gasteiger partial charge in [-0.1, -0.05) is 0 Å². The van der Waals surface area contributed by atoms with Crippen LogP contribution in [0.5, 0.6) is 0 Å². The Bertz CT molecular complexity index is 189. The van der Waals surface area contributed by atoms with Crippen LogP contribution in [0, 0.1) is 0 Å². The van der Waals surface area contributed by atoms with Crippen molar-refractivity contribution in [3.63, 3.8) is 0 Å². The van der Waals surface area contributed by atoms with Crippen LogP contribution in [0.4, 0.5) is 4.79 Å². The van der Waals surface area contributed by atoms with Crippen molar-refractivity contribution in [3.05, 3.63) is 0 Å². The molecule has 1 heterocycles. The van der Waals surface area contributed by atoms with Gasteiger partial charge in [-0.05, 0) is 20.8 Å². The Morgan fingerprint density at radius 1 is 1.36 bits per heavy atom. The largest absolute Gasteiger partial charge is 0.323 e. The maximum absolute atomic E-state index is 11.4. The lowest BCUT2D eigenvalue weighted by Gasteiger charge is -2.29. The molecular weight excluding hydrogens is 140 g/mol. The molecule has 0 spiro atoms. The van der Waals surface area contributed by atoms with Gasteiger partial charge in [0.05, 0.1) is 11.6 Å². The highest BCUT2D eigenvalue weighted by atomic mass is 16.2. The van der Waals surface area contributed by atoms with E-state index in [0.717, 1.165) is 0 Å². The molecule has 11 heavy (non-hydrogen) atoms. The molecule has 0 aliphatic carbocycles. The highest BCUT2D eigenvalue weighted by molar-refractivity contribution is 5.78. The lowest BCUT2D eigenvalue weighted by molar-refractivity contribution is 0.188. The molecule has 0 bridgehead atoms. The number of likely N-dealkylation sites (N-methyl/N-ethyl adjacent to an activating group) is 2. The SMILES string of the molecule is CC1N(C)C(=O)N(C)C1(C)C. The molecule has 1 fully saturated rings. The smallest absolute Gasteiger partial charge is 0.320 e. The van der Waals surface area contributed by atoms with Gasteiger partial charge in [-0.25, -0.2) is 4.79 Å². The Kier molecular flexibility index (Phi) is 1.62. The van der Waals surface area contributed by atoms with E-state index in [-0.39, 0.29) is 11.6 Å². The number of urea groups is 1. The minimum atomic E-state index is -0.0359. The summed E-state index contributed by atoms with van der Waals surface area (Å²) in [7, 11) is 3.70. The molecule has 1 atom stereocenters. The highest BCUT2D eigenvalue weighted by Crippen LogP contribution is 2.29. The third kappa shape index (κ3) is 0.905. The van der Waals surface area contributed by atoms with E-state index in [1.807, 2.05) is 14.1 Å². The monoisotopic (exact) mass is 156 g/mol. The van der Waals surface area contributed by atoms with Gasteiger partial charge in [-0.15, -0.1) is 0 Å². The predicted molar refractivity (Wildman–Crippen MR) is 44.5 cm³/mol. The van der Waals surface area contributed by atoms with Crippen molar-refractivity contribution in [3.8, 4) is 0 Å². The van der Waals surface area contributed by atoms with Gasteiger partial charge in [0.15, 0.2) is 0 Å². The van der Waals surface area contributed by atoms with Crippen molar-refractivity contribution in [1.29, 1.82) is 0 Å². The van der Waals surface area contributed by atoms with Crippen LogP contribution in [0.1, 0.15) is 20.8 Å². The first-order chi connectivity index (χ1) is 4.89. The summed E-state index contributed by atoms with van der Waals surface area (Å²) in [6.07, 6.45) is 0. The van der Waals surface area contributed by atoms with Crippen LogP contribution in [0.15, 0.2) is 0 Å². The Hall–Kier alpha value is -0.730. The molecule has 2 amide bonds. The molecule has 0 saturated carbocycles. The fraction of sp³-hybridized carbons (Fsp3) is 0.875. The molecule has 0 aromatic heterocycles. The number of hydrogen-bond donors (Lipinski definition) is 0. The van der Waals surface area contributed by atoms with Gasteiger partial charge in [0, 0.05) is 14.1 Å². The molecular formula is C8H16N2O. The van der Waals surface area contributed by atoms with Gasteiger partial charge in [0.2, 0.25) is 0 Å². The topological polar surface area (TPSA) is 23.6 Å². The van der Waals surface area contributed by atoms with Gasteiger partial charge < -0.3 is 9.80 Å². The summed E-state index contributed by atoms with van der Waals surface area (Å²) in [6.45, 7) is 6.24. The second-order valence-electron chi connectivity index (χ2n) is 3.78. The van der Waals surface area contributed by atoms with E-state index in [0.29, 0.717) is 6.04 Å². The Morgan fingerprint density at radius 3 is 1.91 bits per heavy atom. The van der Waals surface area contributed by atoms with Crippen LogP contribution in [-0.2, 0) is 0 Å². The standard InChI is InChI=1S/C8H16N2O/c1-6-8(2,3)10(5)7(11)9(6)4/h6H,1-5H3. The highest BCUT2D eigenvalue weighted by Gasteiger charge is 2.44. The normalized spacial score (nSPS) is 29.9. The second kappa shape index (κ2) is 2.13. The van der Waals surface area contributed by atoms with Crippen molar-refractivity contribution >= 4 is 6.03 Å². The molecule has 1 aliphatic rings. The lowest BCUT2D eigenvalue weighted by Crippen LogP contribution is -2.43. The Morgan fingerprint density at radius 2 is 1.82 bits per heavy atom. The van der Waals surface area contributed by atoms with E-state index in [4.69, 9.17) is 0 Å². The van der Waals surface area contributed by atoms with Crippen molar-refractivity contribution in [2.45, 2.75) is 32.4 Å². The zero-order valence-corrected chi connectivity index (χ0v) is 7.88. The minimum absolute atomic E-state index is 0.0359. The summed E-state index contributed by atoms with van der Waals surface area (Å²) in [6, 6.07) is 0.405. The molecule has 1 saturated heterocycles. The number of amides is 2. The zero-order chi connectivity index (χ0) is 8.81. The van der Waals surface area contributed by atoms with Crippen LogP contribution in [0.2, 0.25) is 0 Å². The maximum atomic E-state index is 11.4. The number of carbonyl (C=O) groups excluding carboxylic acids is 1. The van der Waals surface area contributed by atoms with Crippen LogP contribution in [-0.4, -0.2) is 41.5 Å². The van der Waals surface area contributed by atoms with Gasteiger partial charge >= 0.3 is 6.03 Å². The molecule has 64 valence electrons. The summed E-state index contributed by atoms with van der Waals surface area (Å²) in [5.41, 5.74) is -0.0359. The number of hydrogen-bond acceptors (Lipinski definition) is 1. The molecule has 1 unspecified atom stereocenters. The maximum Gasteiger partial charge on any atom is 0.320 e. The van der Waals surface area contributed by atoms with E-state index in [1.165, 1.54) is 0 Å². The minimum Gasteiger partial charge on any atom is -0.323 e. The predicted octanol–water partition coefficient (Wildman–Crippen LogP) is 1.15. The average Bonchev–Trinajstić information content (AvgIpc) is 2.06. The first kappa shape index (κ1) is 8.37. The average molecular weight is 156 g/mol. The van der Waals surface area contributed by atoms with Crippen LogP contribution in [0.3, 0.4) is 0 Å². The third-order valence-electron chi connectivity index (χ3n) is 3.06. The zero-order valence-electron chi connectivity index (χ0n) is 7.88. The molecule has 0 aromatic rings. The third-order valence-corrected chi connectivity index (χ3v) is 3.06. The summed E-state index contributed by atoms with van der Waals surface area (Å²) in [4.78, 5) is 15.0. The molecule has 3 heteroatoms. The first-order valence-corrected chi connectivity index (χ1v) is 3.89. The Balaban J connectivity index is 2.96. The fourth-order valence-electron chi connectivity index (χ4n) is 1.40. The fourth-order valence-corrected chi connectivity index (χ4v) is 1.40. The van der Waals surface area contributed by atoms with E-state index in [1.54, 1.807) is 9.80 Å². The Labute approximate surface area is 68.0 Å². The lowest BCUT2D eigenvalue weighted by atomic mass is 9.97. The van der Waals surface area contributed by atoms with Crippen molar-refractivity contribution in [2.75, 3.05) is 14.1 Å². The number of rotatable bonds is 0. The van der Waals surface area contributed by atoms with Gasteiger partial charge in [-0.2, -0.15) is 0 Å². The van der Waals surface area contributed by atoms with Crippen LogP contribution < -0.4 is 0 Å². The number of nitrogens with zero attached hydrogens (tertiary/aromatic N) is 2. The van der Waals surface area contributed by atoms with E-state index in [9.17, 15) is 4.79 Å². The molecule has 1 aliphatic heterocycles. The van der Waals surface area contributed by atoms with Crippen LogP contribution in [0.25, 0.3) is 0 Å². The molecule has 0 aromatic carbocycles. The van der Waals surface area contributed by atoms with E-state index >= 15 is 0 Å². The molecule has 1 rings (SSSR count). The van der Waals surface area contributed by atoms with Gasteiger partial charge in [0.25, 0.3) is 0 Å². The molecule has 0 radical (unpaired) electrons. The van der Waals surface area contributed by atoms with Crippen molar-refractivity contribution < 1.29 is 4.79 Å². The summed E-state index contributed by atoms with van der Waals surface area (Å²) < 4.78 is 0. The van der Waals surface area contributed by atoms with E-state index in [2.05, 4.69) is 20.8 Å². The summed E-state index contributed by atoms with van der Waals surface area (Å²) >= 11 is 0. The quantitative estimate of drug-likeness (QED) is 0.516. The number of carbonyl (C=O) groups is 1. The van der Waals surface area contributed by atoms with Gasteiger partial charge in [0.1, 0.15) is 0 Å². The second-order valence-corrected chi connectivity index (χ2v) is 3.78. The molecule has 3 nitrogen and oxygen atoms in total. The summed E-state index contributed by atoms with van der Waals surface area (Å²) in [5.74, 6) is 0. The first-order valence-electron chi connectivity index (χ1n) is 3.89. The van der Waals surface area contributed by atoms with Crippen molar-refractivity contribution in [2.24, 2.45) is 0 Å². The molecule has 0 N–H and O–H groups in total. The van der Waals surface area contributed by atoms with Gasteiger partial charge in [-0.3, -0.25) is 0 Å². The summed E-state index contributed by atoms with van der Waals surface area (Å²) in [5, 5.41) is 0. The van der Waals surface area contributed by atoms with Crippen molar-refractivity contribution in [1.82, 2.24) is 9.80 Å².